The largest absolute Gasteiger partial charge is 0.339 e. The SMILES string of the molecule is Cc1nc2n(n1)CC(NCc1noc(C3CC3)n1)CC2. The molecule has 1 aliphatic heterocycles. The lowest BCUT2D eigenvalue weighted by atomic mass is 10.1. The Morgan fingerprint density at radius 1 is 1.30 bits per heavy atom. The van der Waals surface area contributed by atoms with Crippen molar-refractivity contribution < 1.29 is 4.52 Å². The summed E-state index contributed by atoms with van der Waals surface area (Å²) in [6.07, 6.45) is 4.42. The van der Waals surface area contributed by atoms with Gasteiger partial charge in [-0.05, 0) is 26.2 Å². The molecule has 7 heteroatoms. The number of rotatable bonds is 4. The Balaban J connectivity index is 1.35. The van der Waals surface area contributed by atoms with Crippen molar-refractivity contribution in [1.29, 1.82) is 0 Å². The highest BCUT2D eigenvalue weighted by Crippen LogP contribution is 2.38. The van der Waals surface area contributed by atoms with Crippen LogP contribution in [0.25, 0.3) is 0 Å². The molecule has 0 bridgehead atoms. The van der Waals surface area contributed by atoms with Gasteiger partial charge in [-0.15, -0.1) is 0 Å². The fourth-order valence-corrected chi connectivity index (χ4v) is 2.67. The van der Waals surface area contributed by atoms with Crippen molar-refractivity contribution >= 4 is 0 Å². The quantitative estimate of drug-likeness (QED) is 0.894. The smallest absolute Gasteiger partial charge is 0.229 e. The molecule has 1 fully saturated rings. The summed E-state index contributed by atoms with van der Waals surface area (Å²) in [6, 6.07) is 0.395. The van der Waals surface area contributed by atoms with E-state index in [-0.39, 0.29) is 0 Å². The maximum absolute atomic E-state index is 5.26. The van der Waals surface area contributed by atoms with Crippen LogP contribution >= 0.6 is 0 Å². The summed E-state index contributed by atoms with van der Waals surface area (Å²) < 4.78 is 7.26. The van der Waals surface area contributed by atoms with Gasteiger partial charge in [-0.2, -0.15) is 10.1 Å². The summed E-state index contributed by atoms with van der Waals surface area (Å²) in [5, 5.41) is 11.9. The maximum atomic E-state index is 5.26. The first-order valence-electron chi connectivity index (χ1n) is 7.24. The van der Waals surface area contributed by atoms with Gasteiger partial charge in [0.25, 0.3) is 0 Å². The molecule has 0 radical (unpaired) electrons. The summed E-state index contributed by atoms with van der Waals surface area (Å²) in [5.41, 5.74) is 0. The van der Waals surface area contributed by atoms with Crippen LogP contribution in [0, 0.1) is 6.92 Å². The van der Waals surface area contributed by atoms with Crippen LogP contribution in [0.3, 0.4) is 0 Å². The van der Waals surface area contributed by atoms with Gasteiger partial charge in [0, 0.05) is 18.4 Å². The molecule has 2 aliphatic rings. The van der Waals surface area contributed by atoms with E-state index in [9.17, 15) is 0 Å². The molecule has 7 nitrogen and oxygen atoms in total. The first kappa shape index (κ1) is 12.0. The monoisotopic (exact) mass is 274 g/mol. The van der Waals surface area contributed by atoms with Crippen LogP contribution in [-0.2, 0) is 19.5 Å². The second-order valence-electron chi connectivity index (χ2n) is 5.70. The van der Waals surface area contributed by atoms with Crippen LogP contribution in [0.4, 0.5) is 0 Å². The Bertz CT molecular complexity index is 614. The average molecular weight is 274 g/mol. The first-order valence-corrected chi connectivity index (χ1v) is 7.24. The van der Waals surface area contributed by atoms with Crippen LogP contribution in [0.1, 0.15) is 48.5 Å². The van der Waals surface area contributed by atoms with Crippen molar-refractivity contribution in [2.75, 3.05) is 0 Å². The number of aryl methyl sites for hydroxylation is 2. The summed E-state index contributed by atoms with van der Waals surface area (Å²) in [6.45, 7) is 3.46. The molecular formula is C13H18N6O. The molecule has 3 heterocycles. The fraction of sp³-hybridized carbons (Fsp3) is 0.692. The molecule has 1 unspecified atom stereocenters. The second kappa shape index (κ2) is 4.66. The summed E-state index contributed by atoms with van der Waals surface area (Å²) in [7, 11) is 0. The molecule has 0 spiro atoms. The third kappa shape index (κ3) is 2.33. The fourth-order valence-electron chi connectivity index (χ4n) is 2.67. The second-order valence-corrected chi connectivity index (χ2v) is 5.70. The minimum Gasteiger partial charge on any atom is -0.339 e. The van der Waals surface area contributed by atoms with Crippen molar-refractivity contribution in [2.24, 2.45) is 0 Å². The first-order chi connectivity index (χ1) is 9.78. The number of nitrogens with one attached hydrogen (secondary N) is 1. The van der Waals surface area contributed by atoms with Gasteiger partial charge in [0.05, 0.1) is 13.1 Å². The zero-order valence-electron chi connectivity index (χ0n) is 11.5. The molecule has 0 aromatic carbocycles. The Morgan fingerprint density at radius 2 is 2.20 bits per heavy atom. The van der Waals surface area contributed by atoms with Gasteiger partial charge >= 0.3 is 0 Å². The summed E-state index contributed by atoms with van der Waals surface area (Å²) >= 11 is 0. The highest BCUT2D eigenvalue weighted by molar-refractivity contribution is 5.02. The molecule has 1 atom stereocenters. The Labute approximate surface area is 116 Å². The Morgan fingerprint density at radius 3 is 3.05 bits per heavy atom. The summed E-state index contributed by atoms with van der Waals surface area (Å²) in [4.78, 5) is 8.85. The molecule has 1 N–H and O–H groups in total. The van der Waals surface area contributed by atoms with E-state index in [0.717, 1.165) is 42.8 Å². The lowest BCUT2D eigenvalue weighted by molar-refractivity contribution is 0.345. The molecular weight excluding hydrogens is 256 g/mol. The van der Waals surface area contributed by atoms with Crippen molar-refractivity contribution in [3.63, 3.8) is 0 Å². The zero-order chi connectivity index (χ0) is 13.5. The van der Waals surface area contributed by atoms with Gasteiger partial charge in [-0.1, -0.05) is 5.16 Å². The molecule has 4 rings (SSSR count). The van der Waals surface area contributed by atoms with E-state index in [1.54, 1.807) is 0 Å². The van der Waals surface area contributed by atoms with Crippen LogP contribution < -0.4 is 5.32 Å². The van der Waals surface area contributed by atoms with Crippen molar-refractivity contribution in [1.82, 2.24) is 30.2 Å². The number of hydrogen-bond donors (Lipinski definition) is 1. The molecule has 1 aliphatic carbocycles. The molecule has 20 heavy (non-hydrogen) atoms. The van der Waals surface area contributed by atoms with E-state index < -0.39 is 0 Å². The predicted molar refractivity (Wildman–Crippen MR) is 70.0 cm³/mol. The van der Waals surface area contributed by atoms with Crippen molar-refractivity contribution in [2.45, 2.75) is 57.7 Å². The highest BCUT2D eigenvalue weighted by atomic mass is 16.5. The van der Waals surface area contributed by atoms with E-state index in [1.165, 1.54) is 12.8 Å². The number of fused-ring (bicyclic) bond motifs is 1. The van der Waals surface area contributed by atoms with Crippen molar-refractivity contribution in [3.8, 4) is 0 Å². The van der Waals surface area contributed by atoms with Gasteiger partial charge in [0.2, 0.25) is 5.89 Å². The van der Waals surface area contributed by atoms with E-state index in [4.69, 9.17) is 4.52 Å². The minimum absolute atomic E-state index is 0.395. The third-order valence-electron chi connectivity index (χ3n) is 3.92. The van der Waals surface area contributed by atoms with Gasteiger partial charge < -0.3 is 9.84 Å². The van der Waals surface area contributed by atoms with E-state index in [2.05, 4.69) is 25.5 Å². The maximum Gasteiger partial charge on any atom is 0.229 e. The van der Waals surface area contributed by atoms with Gasteiger partial charge in [0.1, 0.15) is 11.6 Å². The van der Waals surface area contributed by atoms with Crippen LogP contribution in [0.2, 0.25) is 0 Å². The van der Waals surface area contributed by atoms with Crippen LogP contribution in [0.5, 0.6) is 0 Å². The van der Waals surface area contributed by atoms with E-state index in [1.807, 2.05) is 11.6 Å². The topological polar surface area (TPSA) is 81.7 Å². The van der Waals surface area contributed by atoms with Crippen LogP contribution in [0.15, 0.2) is 4.52 Å². The van der Waals surface area contributed by atoms with Gasteiger partial charge in [-0.25, -0.2) is 9.67 Å². The molecule has 1 saturated carbocycles. The standard InChI is InChI=1S/C13H18N6O/c1-8-15-12-5-4-10(7-19(12)17-8)14-6-11-16-13(20-18-11)9-2-3-9/h9-10,14H,2-7H2,1H3. The molecule has 2 aromatic rings. The summed E-state index contributed by atoms with van der Waals surface area (Å²) in [5.74, 6) is 4.03. The Hall–Kier alpha value is -1.76. The zero-order valence-corrected chi connectivity index (χ0v) is 11.5. The molecule has 2 aromatic heterocycles. The number of aromatic nitrogens is 5. The number of nitrogens with zero attached hydrogens (tertiary/aromatic N) is 5. The minimum atomic E-state index is 0.395. The average Bonchev–Trinajstić information content (AvgIpc) is 3.06. The third-order valence-corrected chi connectivity index (χ3v) is 3.92. The predicted octanol–water partition coefficient (Wildman–Crippen LogP) is 0.952. The van der Waals surface area contributed by atoms with E-state index >= 15 is 0 Å². The highest BCUT2D eigenvalue weighted by Gasteiger charge is 2.29. The normalized spacial score (nSPS) is 21.9. The van der Waals surface area contributed by atoms with Crippen LogP contribution in [-0.4, -0.2) is 30.9 Å². The number of hydrogen-bond acceptors (Lipinski definition) is 6. The molecule has 106 valence electrons. The lowest BCUT2D eigenvalue weighted by Crippen LogP contribution is -2.37. The van der Waals surface area contributed by atoms with Gasteiger partial charge in [0.15, 0.2) is 5.82 Å². The lowest BCUT2D eigenvalue weighted by Gasteiger charge is -2.22. The Kier molecular flexibility index (Phi) is 2.80. The van der Waals surface area contributed by atoms with Gasteiger partial charge in [-0.3, -0.25) is 0 Å². The van der Waals surface area contributed by atoms with E-state index in [0.29, 0.717) is 18.5 Å². The molecule has 0 saturated heterocycles. The molecule has 0 amide bonds. The van der Waals surface area contributed by atoms with Crippen molar-refractivity contribution in [3.05, 3.63) is 23.4 Å².